The first-order valence-electron chi connectivity index (χ1n) is 7.37. The second kappa shape index (κ2) is 4.42. The molecule has 0 saturated carbocycles. The molecule has 0 N–H and O–H groups in total. The molecule has 0 aromatic heterocycles. The van der Waals surface area contributed by atoms with Gasteiger partial charge in [0.1, 0.15) is 0 Å². The number of fused-ring (bicyclic) bond motifs is 6. The molecular weight excluding hydrogens is 300 g/mol. The highest BCUT2D eigenvalue weighted by Crippen LogP contribution is 2.45. The van der Waals surface area contributed by atoms with Gasteiger partial charge in [-0.25, -0.2) is 0 Å². The van der Waals surface area contributed by atoms with E-state index < -0.39 is 11.8 Å². The minimum Gasteiger partial charge on any atom is -0.454 e. The lowest BCUT2D eigenvalue weighted by Gasteiger charge is -2.11. The predicted molar refractivity (Wildman–Crippen MR) is 76.8 cm³/mol. The van der Waals surface area contributed by atoms with Crippen LogP contribution in [-0.2, 0) is 14.3 Å². The molecular formula is C16H12N2O5. The van der Waals surface area contributed by atoms with Crippen LogP contribution in [0, 0.1) is 11.8 Å². The van der Waals surface area contributed by atoms with Gasteiger partial charge in [0.25, 0.3) is 11.8 Å². The number of hydrogen-bond donors (Lipinski definition) is 0. The van der Waals surface area contributed by atoms with Crippen molar-refractivity contribution in [2.75, 3.05) is 6.79 Å². The molecule has 0 radical (unpaired) electrons. The summed E-state index contributed by atoms with van der Waals surface area (Å²) in [5, 5.41) is 5.06. The molecule has 4 atom stereocenters. The van der Waals surface area contributed by atoms with Crippen LogP contribution in [0.4, 0.5) is 0 Å². The molecule has 2 amide bonds. The summed E-state index contributed by atoms with van der Waals surface area (Å²) in [6.45, 7) is 0.193. The molecule has 4 aliphatic heterocycles. The Hall–Kier alpha value is -2.67. The Morgan fingerprint density at radius 1 is 1.04 bits per heavy atom. The van der Waals surface area contributed by atoms with Crippen LogP contribution >= 0.6 is 0 Å². The molecule has 0 aliphatic carbocycles. The van der Waals surface area contributed by atoms with Crippen molar-refractivity contribution in [2.24, 2.45) is 16.9 Å². The number of carbonyl (C=O) groups is 2. The van der Waals surface area contributed by atoms with Gasteiger partial charge in [-0.15, -0.1) is 0 Å². The van der Waals surface area contributed by atoms with Gasteiger partial charge in [-0.05, 0) is 23.8 Å². The summed E-state index contributed by atoms with van der Waals surface area (Å²) >= 11 is 0. The normalized spacial score (nSPS) is 33.3. The Labute approximate surface area is 131 Å². The molecule has 0 unspecified atom stereocenters. The van der Waals surface area contributed by atoms with Crippen molar-refractivity contribution in [1.29, 1.82) is 0 Å². The van der Waals surface area contributed by atoms with Crippen molar-refractivity contribution in [3.05, 3.63) is 35.9 Å². The van der Waals surface area contributed by atoms with E-state index in [2.05, 4.69) is 5.10 Å². The quantitative estimate of drug-likeness (QED) is 0.456. The van der Waals surface area contributed by atoms with Crippen LogP contribution in [0.3, 0.4) is 0 Å². The number of ether oxygens (including phenoxy) is 3. The van der Waals surface area contributed by atoms with Crippen LogP contribution in [0.1, 0.15) is 5.56 Å². The van der Waals surface area contributed by atoms with Gasteiger partial charge >= 0.3 is 0 Å². The summed E-state index contributed by atoms with van der Waals surface area (Å²) in [6, 6.07) is 5.31. The number of hydrazone groups is 1. The molecule has 7 nitrogen and oxygen atoms in total. The first-order valence-corrected chi connectivity index (χ1v) is 7.37. The molecule has 2 saturated heterocycles. The third kappa shape index (κ3) is 1.71. The topological polar surface area (TPSA) is 77.4 Å². The van der Waals surface area contributed by atoms with Crippen molar-refractivity contribution < 1.29 is 23.8 Å². The minimum absolute atomic E-state index is 0.193. The number of rotatable bonds is 2. The zero-order chi connectivity index (χ0) is 15.6. The molecule has 1 aromatic rings. The van der Waals surface area contributed by atoms with Crippen molar-refractivity contribution >= 4 is 18.0 Å². The van der Waals surface area contributed by atoms with Gasteiger partial charge in [-0.2, -0.15) is 10.1 Å². The Morgan fingerprint density at radius 3 is 2.48 bits per heavy atom. The molecule has 2 bridgehead atoms. The fourth-order valence-corrected chi connectivity index (χ4v) is 3.52. The number of amides is 2. The highest BCUT2D eigenvalue weighted by Gasteiger charge is 2.61. The first-order chi connectivity index (χ1) is 11.2. The van der Waals surface area contributed by atoms with Gasteiger partial charge in [-0.3, -0.25) is 9.59 Å². The van der Waals surface area contributed by atoms with Crippen molar-refractivity contribution in [1.82, 2.24) is 5.01 Å². The lowest BCUT2D eigenvalue weighted by atomic mass is 9.85. The molecule has 116 valence electrons. The summed E-state index contributed by atoms with van der Waals surface area (Å²) in [7, 11) is 0. The average molecular weight is 312 g/mol. The van der Waals surface area contributed by atoms with Gasteiger partial charge in [0, 0.05) is 0 Å². The fourth-order valence-electron chi connectivity index (χ4n) is 3.52. The van der Waals surface area contributed by atoms with Crippen LogP contribution in [0.25, 0.3) is 0 Å². The highest BCUT2D eigenvalue weighted by atomic mass is 16.7. The maximum atomic E-state index is 12.4. The van der Waals surface area contributed by atoms with Gasteiger partial charge in [-0.1, -0.05) is 12.2 Å². The van der Waals surface area contributed by atoms with Crippen LogP contribution in [0.5, 0.6) is 11.5 Å². The van der Waals surface area contributed by atoms with Crippen LogP contribution < -0.4 is 9.47 Å². The van der Waals surface area contributed by atoms with Gasteiger partial charge in [0.05, 0.1) is 30.3 Å². The van der Waals surface area contributed by atoms with E-state index in [1.807, 2.05) is 12.2 Å². The number of benzene rings is 1. The first kappa shape index (κ1) is 12.8. The van der Waals surface area contributed by atoms with Crippen molar-refractivity contribution in [3.8, 4) is 11.5 Å². The van der Waals surface area contributed by atoms with E-state index in [0.29, 0.717) is 11.5 Å². The lowest BCUT2D eigenvalue weighted by Crippen LogP contribution is -2.30. The summed E-state index contributed by atoms with van der Waals surface area (Å²) in [6.07, 6.45) is 4.58. The summed E-state index contributed by atoms with van der Waals surface area (Å²) < 4.78 is 16.1. The number of nitrogens with zero attached hydrogens (tertiary/aromatic N) is 2. The highest BCUT2D eigenvalue weighted by molar-refractivity contribution is 6.07. The standard InChI is InChI=1S/C16H12N2O5/c19-15-13-10-3-4-11(23-10)14(13)16(20)18(15)17-6-8-1-2-9-12(5-8)22-7-21-9/h1-6,10-11,13-14H,7H2/b17-6-/t10-,11-,13-,14-/m0/s1. The predicted octanol–water partition coefficient (Wildman–Crippen LogP) is 0.688. The van der Waals surface area contributed by atoms with E-state index in [1.165, 1.54) is 6.21 Å². The zero-order valence-corrected chi connectivity index (χ0v) is 11.9. The molecule has 2 fully saturated rings. The van der Waals surface area contributed by atoms with Crippen LogP contribution in [0.15, 0.2) is 35.5 Å². The Kier molecular flexibility index (Phi) is 2.47. The largest absolute Gasteiger partial charge is 0.454 e. The Morgan fingerprint density at radius 2 is 1.74 bits per heavy atom. The van der Waals surface area contributed by atoms with E-state index >= 15 is 0 Å². The van der Waals surface area contributed by atoms with Gasteiger partial charge in [0.2, 0.25) is 6.79 Å². The molecule has 4 aliphatic rings. The third-order valence-corrected chi connectivity index (χ3v) is 4.61. The second-order valence-corrected chi connectivity index (χ2v) is 5.85. The third-order valence-electron chi connectivity index (χ3n) is 4.61. The number of imide groups is 1. The molecule has 0 spiro atoms. The molecule has 5 rings (SSSR count). The van der Waals surface area contributed by atoms with Gasteiger partial charge < -0.3 is 14.2 Å². The van der Waals surface area contributed by atoms with Crippen molar-refractivity contribution in [3.63, 3.8) is 0 Å². The van der Waals surface area contributed by atoms with E-state index in [-0.39, 0.29) is 30.8 Å². The molecule has 4 heterocycles. The van der Waals surface area contributed by atoms with Crippen molar-refractivity contribution in [2.45, 2.75) is 12.2 Å². The van der Waals surface area contributed by atoms with E-state index in [4.69, 9.17) is 14.2 Å². The monoisotopic (exact) mass is 312 g/mol. The van der Waals surface area contributed by atoms with E-state index in [9.17, 15) is 9.59 Å². The molecule has 7 heteroatoms. The van der Waals surface area contributed by atoms with Crippen LogP contribution in [0.2, 0.25) is 0 Å². The van der Waals surface area contributed by atoms with Gasteiger partial charge in [0.15, 0.2) is 11.5 Å². The summed E-state index contributed by atoms with van der Waals surface area (Å²) in [5.41, 5.74) is 0.726. The second-order valence-electron chi connectivity index (χ2n) is 5.85. The van der Waals surface area contributed by atoms with E-state index in [1.54, 1.807) is 18.2 Å². The van der Waals surface area contributed by atoms with Crippen LogP contribution in [-0.4, -0.2) is 42.0 Å². The summed E-state index contributed by atoms with van der Waals surface area (Å²) in [4.78, 5) is 24.9. The molecule has 1 aromatic carbocycles. The maximum Gasteiger partial charge on any atom is 0.256 e. The molecule has 23 heavy (non-hydrogen) atoms. The smallest absolute Gasteiger partial charge is 0.256 e. The fraction of sp³-hybridized carbons (Fsp3) is 0.312. The summed E-state index contributed by atoms with van der Waals surface area (Å²) in [5.74, 6) is -0.175. The Balaban J connectivity index is 1.41. The minimum atomic E-state index is -0.439. The number of carbonyl (C=O) groups excluding carboxylic acids is 2. The lowest BCUT2D eigenvalue weighted by molar-refractivity contribution is -0.142. The maximum absolute atomic E-state index is 12.4. The average Bonchev–Trinajstić information content (AvgIpc) is 3.30. The van der Waals surface area contributed by atoms with E-state index in [0.717, 1.165) is 10.6 Å². The Bertz CT molecular complexity index is 757. The SMILES string of the molecule is O=C1[C@@H]2[C@@H](C(=O)N1/N=C\c1ccc3c(c1)OCO3)[C@@H]1C=C[C@@H]2O1. The number of hydrogen-bond acceptors (Lipinski definition) is 6. The zero-order valence-electron chi connectivity index (χ0n) is 11.9.